The number of aromatic nitrogens is 4. The zero-order valence-electron chi connectivity index (χ0n) is 12.6. The van der Waals surface area contributed by atoms with Gasteiger partial charge in [-0.25, -0.2) is 9.97 Å². The summed E-state index contributed by atoms with van der Waals surface area (Å²) in [6.07, 6.45) is 5.42. The molecule has 5 nitrogen and oxygen atoms in total. The van der Waals surface area contributed by atoms with E-state index < -0.39 is 0 Å². The molecule has 0 saturated carbocycles. The van der Waals surface area contributed by atoms with E-state index >= 15 is 0 Å². The van der Waals surface area contributed by atoms with Gasteiger partial charge in [0.2, 0.25) is 0 Å². The molecule has 3 heterocycles. The Hall–Kier alpha value is -3.21. The monoisotopic (exact) mass is 301 g/mol. The van der Waals surface area contributed by atoms with Crippen molar-refractivity contribution in [3.05, 3.63) is 66.7 Å². The van der Waals surface area contributed by atoms with Crippen molar-refractivity contribution in [1.82, 2.24) is 19.9 Å². The summed E-state index contributed by atoms with van der Waals surface area (Å²) in [5, 5.41) is 4.52. The molecule has 0 unspecified atom stereocenters. The van der Waals surface area contributed by atoms with Crippen molar-refractivity contribution in [2.75, 3.05) is 5.32 Å². The van der Waals surface area contributed by atoms with E-state index in [0.29, 0.717) is 5.82 Å². The third-order valence-corrected chi connectivity index (χ3v) is 3.62. The van der Waals surface area contributed by atoms with Gasteiger partial charge in [0, 0.05) is 52.5 Å². The first-order chi connectivity index (χ1) is 11.3. The third-order valence-electron chi connectivity index (χ3n) is 3.62. The zero-order valence-corrected chi connectivity index (χ0v) is 12.6. The van der Waals surface area contributed by atoms with Gasteiger partial charge in [-0.15, -0.1) is 0 Å². The van der Waals surface area contributed by atoms with E-state index in [1.807, 2.05) is 43.5 Å². The van der Waals surface area contributed by atoms with E-state index in [1.54, 1.807) is 12.4 Å². The molecule has 0 saturated heterocycles. The minimum Gasteiger partial charge on any atom is -0.361 e. The Morgan fingerprint density at radius 3 is 2.70 bits per heavy atom. The second kappa shape index (κ2) is 5.53. The van der Waals surface area contributed by atoms with Crippen molar-refractivity contribution in [2.45, 2.75) is 6.92 Å². The number of hydrogen-bond acceptors (Lipinski definition) is 4. The van der Waals surface area contributed by atoms with Crippen molar-refractivity contribution >= 4 is 22.4 Å². The largest absolute Gasteiger partial charge is 0.361 e. The molecule has 0 fully saturated rings. The van der Waals surface area contributed by atoms with Crippen LogP contribution in [0.3, 0.4) is 0 Å². The van der Waals surface area contributed by atoms with Crippen LogP contribution in [0.25, 0.3) is 22.3 Å². The number of benzene rings is 1. The number of H-pyrrole nitrogens is 1. The summed E-state index contributed by atoms with van der Waals surface area (Å²) in [5.41, 5.74) is 3.98. The highest BCUT2D eigenvalue weighted by atomic mass is 15.0. The Bertz CT molecular complexity index is 959. The standard InChI is InChI=1S/C18H15N5/c1-12-10-17(23-18(21-12)13-4-7-19-8-5-13)22-15-2-3-16-14(11-15)6-9-20-16/h2-11,20H,1H3,(H,21,22,23). The molecule has 0 aliphatic rings. The molecule has 4 rings (SSSR count). The average Bonchev–Trinajstić information content (AvgIpc) is 3.03. The van der Waals surface area contributed by atoms with Crippen LogP contribution < -0.4 is 5.32 Å². The lowest BCUT2D eigenvalue weighted by molar-refractivity contribution is 1.11. The number of hydrogen-bond donors (Lipinski definition) is 2. The molecule has 2 N–H and O–H groups in total. The summed E-state index contributed by atoms with van der Waals surface area (Å²) in [5.74, 6) is 1.47. The Balaban J connectivity index is 1.69. The van der Waals surface area contributed by atoms with Crippen molar-refractivity contribution < 1.29 is 0 Å². The first-order valence-electron chi connectivity index (χ1n) is 7.38. The van der Waals surface area contributed by atoms with Crippen LogP contribution in [0.4, 0.5) is 11.5 Å². The number of fused-ring (bicyclic) bond motifs is 1. The molecular weight excluding hydrogens is 286 g/mol. The Labute approximate surface area is 133 Å². The van der Waals surface area contributed by atoms with Gasteiger partial charge in [-0.1, -0.05) is 0 Å². The topological polar surface area (TPSA) is 66.5 Å². The maximum Gasteiger partial charge on any atom is 0.161 e. The van der Waals surface area contributed by atoms with E-state index in [1.165, 1.54) is 0 Å². The van der Waals surface area contributed by atoms with E-state index in [0.717, 1.165) is 33.7 Å². The Morgan fingerprint density at radius 2 is 1.83 bits per heavy atom. The van der Waals surface area contributed by atoms with Crippen LogP contribution >= 0.6 is 0 Å². The van der Waals surface area contributed by atoms with Crippen LogP contribution in [0.5, 0.6) is 0 Å². The van der Waals surface area contributed by atoms with E-state index in [2.05, 4.69) is 37.4 Å². The number of pyridine rings is 1. The van der Waals surface area contributed by atoms with Gasteiger partial charge in [0.1, 0.15) is 5.82 Å². The maximum atomic E-state index is 4.61. The Kier molecular flexibility index (Phi) is 3.24. The average molecular weight is 301 g/mol. The van der Waals surface area contributed by atoms with Crippen LogP contribution in [-0.2, 0) is 0 Å². The fourth-order valence-corrected chi connectivity index (χ4v) is 2.54. The molecule has 0 aliphatic carbocycles. The number of anilines is 2. The predicted molar refractivity (Wildman–Crippen MR) is 91.6 cm³/mol. The molecule has 0 amide bonds. The van der Waals surface area contributed by atoms with Gasteiger partial charge in [0.15, 0.2) is 5.82 Å². The van der Waals surface area contributed by atoms with Gasteiger partial charge >= 0.3 is 0 Å². The van der Waals surface area contributed by atoms with Crippen molar-refractivity contribution in [1.29, 1.82) is 0 Å². The second-order valence-corrected chi connectivity index (χ2v) is 5.36. The minimum absolute atomic E-state index is 0.692. The van der Waals surface area contributed by atoms with Crippen molar-refractivity contribution in [3.63, 3.8) is 0 Å². The molecule has 4 aromatic rings. The summed E-state index contributed by atoms with van der Waals surface area (Å²) >= 11 is 0. The van der Waals surface area contributed by atoms with E-state index in [-0.39, 0.29) is 0 Å². The predicted octanol–water partition coefficient (Wildman–Crippen LogP) is 4.07. The lowest BCUT2D eigenvalue weighted by atomic mass is 10.2. The molecule has 0 radical (unpaired) electrons. The van der Waals surface area contributed by atoms with Gasteiger partial charge < -0.3 is 10.3 Å². The molecule has 112 valence electrons. The van der Waals surface area contributed by atoms with Gasteiger partial charge in [-0.3, -0.25) is 4.98 Å². The van der Waals surface area contributed by atoms with E-state index in [4.69, 9.17) is 0 Å². The first kappa shape index (κ1) is 13.5. The van der Waals surface area contributed by atoms with Crippen molar-refractivity contribution in [3.8, 4) is 11.4 Å². The molecular formula is C18H15N5. The SMILES string of the molecule is Cc1cc(Nc2ccc3[nH]ccc3c2)nc(-c2ccncc2)n1. The number of aromatic amines is 1. The molecule has 0 atom stereocenters. The summed E-state index contributed by atoms with van der Waals surface area (Å²) in [6.45, 7) is 1.97. The van der Waals surface area contributed by atoms with Crippen LogP contribution in [-0.4, -0.2) is 19.9 Å². The number of nitrogens with one attached hydrogen (secondary N) is 2. The highest BCUT2D eigenvalue weighted by molar-refractivity contribution is 5.83. The third kappa shape index (κ3) is 2.76. The fourth-order valence-electron chi connectivity index (χ4n) is 2.54. The molecule has 23 heavy (non-hydrogen) atoms. The minimum atomic E-state index is 0.692. The van der Waals surface area contributed by atoms with Crippen LogP contribution in [0.2, 0.25) is 0 Å². The molecule has 1 aromatic carbocycles. The fraction of sp³-hybridized carbons (Fsp3) is 0.0556. The van der Waals surface area contributed by atoms with Crippen LogP contribution in [0.1, 0.15) is 5.69 Å². The lowest BCUT2D eigenvalue weighted by Gasteiger charge is -2.09. The summed E-state index contributed by atoms with van der Waals surface area (Å²) < 4.78 is 0. The smallest absolute Gasteiger partial charge is 0.161 e. The highest BCUT2D eigenvalue weighted by Crippen LogP contribution is 2.23. The molecule has 0 spiro atoms. The molecule has 3 aromatic heterocycles. The van der Waals surface area contributed by atoms with E-state index in [9.17, 15) is 0 Å². The summed E-state index contributed by atoms with van der Waals surface area (Å²) in [4.78, 5) is 16.3. The molecule has 0 aliphatic heterocycles. The molecule has 0 bridgehead atoms. The first-order valence-corrected chi connectivity index (χ1v) is 7.38. The second-order valence-electron chi connectivity index (χ2n) is 5.36. The maximum absolute atomic E-state index is 4.61. The highest BCUT2D eigenvalue weighted by Gasteiger charge is 2.06. The normalized spacial score (nSPS) is 10.8. The van der Waals surface area contributed by atoms with Gasteiger partial charge in [-0.2, -0.15) is 0 Å². The Morgan fingerprint density at radius 1 is 0.957 bits per heavy atom. The van der Waals surface area contributed by atoms with Crippen molar-refractivity contribution in [2.24, 2.45) is 0 Å². The van der Waals surface area contributed by atoms with Crippen LogP contribution in [0.15, 0.2) is 61.1 Å². The summed E-state index contributed by atoms with van der Waals surface area (Å²) in [6, 6.07) is 14.0. The summed E-state index contributed by atoms with van der Waals surface area (Å²) in [7, 11) is 0. The quantitative estimate of drug-likeness (QED) is 0.598. The van der Waals surface area contributed by atoms with Crippen LogP contribution in [0, 0.1) is 6.92 Å². The van der Waals surface area contributed by atoms with Gasteiger partial charge in [0.05, 0.1) is 0 Å². The van der Waals surface area contributed by atoms with Gasteiger partial charge in [-0.05, 0) is 43.3 Å². The molecule has 5 heteroatoms. The number of aryl methyl sites for hydroxylation is 1. The van der Waals surface area contributed by atoms with Gasteiger partial charge in [0.25, 0.3) is 0 Å². The lowest BCUT2D eigenvalue weighted by Crippen LogP contribution is -1.99. The number of rotatable bonds is 3. The number of nitrogens with zero attached hydrogens (tertiary/aromatic N) is 3. The zero-order chi connectivity index (χ0) is 15.6.